The third kappa shape index (κ3) is 11.0. The van der Waals surface area contributed by atoms with E-state index >= 15 is 0 Å². The molecule has 0 amide bonds. The van der Waals surface area contributed by atoms with Gasteiger partial charge in [0.1, 0.15) is 0 Å². The topological polar surface area (TPSA) is 86.2 Å². The minimum atomic E-state index is -0.426. The molecule has 0 aromatic rings. The van der Waals surface area contributed by atoms with Gasteiger partial charge in [-0.1, -0.05) is 0 Å². The normalized spacial score (nSPS) is 14.0. The molecule has 2 atom stereocenters. The van der Waals surface area contributed by atoms with E-state index < -0.39 is 12.1 Å². The molecule has 0 heterocycles. The third-order valence-corrected chi connectivity index (χ3v) is 9.33. The monoisotopic (exact) mass is 392 g/mol. The van der Waals surface area contributed by atoms with Crippen molar-refractivity contribution in [3.63, 3.8) is 0 Å². The highest BCUT2D eigenvalue weighted by Gasteiger charge is 2.17. The lowest BCUT2D eigenvalue weighted by molar-refractivity contribution is -0.112. The van der Waals surface area contributed by atoms with Crippen molar-refractivity contribution < 1.29 is 9.59 Å². The van der Waals surface area contributed by atoms with Crippen molar-refractivity contribution in [1.82, 2.24) is 0 Å². The fourth-order valence-corrected chi connectivity index (χ4v) is 7.11. The summed E-state index contributed by atoms with van der Waals surface area (Å²) in [4.78, 5) is 23.3. The van der Waals surface area contributed by atoms with Gasteiger partial charge in [-0.25, -0.2) is 0 Å². The highest BCUT2D eigenvalue weighted by atomic mass is 33.7. The van der Waals surface area contributed by atoms with Crippen molar-refractivity contribution in [2.24, 2.45) is 11.5 Å². The zero-order valence-corrected chi connectivity index (χ0v) is 16.3. The van der Waals surface area contributed by atoms with E-state index in [2.05, 4.69) is 0 Å². The van der Waals surface area contributed by atoms with E-state index in [1.165, 1.54) is 19.7 Å². The Morgan fingerprint density at radius 2 is 1.20 bits per heavy atom. The number of hydrogen-bond acceptors (Lipinski definition) is 10. The van der Waals surface area contributed by atoms with Gasteiger partial charge in [-0.3, -0.25) is 9.59 Å². The number of carbonyl (C=O) groups excluding carboxylic acids is 2. The Bertz CT molecular complexity index is 267. The summed E-state index contributed by atoms with van der Waals surface area (Å²) in [6.07, 6.45) is 5.34. The summed E-state index contributed by atoms with van der Waals surface area (Å²) in [5.74, 6) is 1.76. The minimum absolute atomic E-state index is 0.0451. The average Bonchev–Trinajstić information content (AvgIpc) is 2.45. The van der Waals surface area contributed by atoms with E-state index in [0.717, 1.165) is 33.1 Å². The van der Waals surface area contributed by atoms with Crippen LogP contribution >= 0.6 is 64.8 Å². The van der Waals surface area contributed by atoms with Crippen LogP contribution in [0.5, 0.6) is 0 Å². The van der Waals surface area contributed by atoms with E-state index in [-0.39, 0.29) is 10.2 Å². The van der Waals surface area contributed by atoms with Gasteiger partial charge < -0.3 is 11.5 Å². The first-order chi connectivity index (χ1) is 9.52. The van der Waals surface area contributed by atoms with Crippen LogP contribution in [0.25, 0.3) is 0 Å². The molecule has 0 aliphatic carbocycles. The second-order valence-corrected chi connectivity index (χ2v) is 11.4. The molecule has 0 saturated carbocycles. The molecule has 0 rings (SSSR count). The maximum atomic E-state index is 11.6. The molecule has 0 aliphatic heterocycles. The molecule has 0 aromatic carbocycles. The van der Waals surface area contributed by atoms with Crippen molar-refractivity contribution in [2.75, 3.05) is 24.0 Å². The van der Waals surface area contributed by atoms with Gasteiger partial charge in [0.15, 0.2) is 0 Å². The van der Waals surface area contributed by atoms with Crippen LogP contribution in [0.1, 0.15) is 12.8 Å². The highest BCUT2D eigenvalue weighted by Crippen LogP contribution is 2.44. The van der Waals surface area contributed by atoms with E-state index in [1.54, 1.807) is 23.5 Å². The predicted octanol–water partition coefficient (Wildman–Crippen LogP) is 2.88. The first-order valence-corrected chi connectivity index (χ1v) is 13.4. The van der Waals surface area contributed by atoms with Crippen molar-refractivity contribution >= 4 is 75.0 Å². The van der Waals surface area contributed by atoms with Crippen LogP contribution < -0.4 is 11.5 Å². The fraction of sp³-hybridized carbons (Fsp3) is 0.800. The van der Waals surface area contributed by atoms with E-state index in [9.17, 15) is 9.59 Å². The number of nitrogens with two attached hydrogens (primary N) is 2. The Morgan fingerprint density at radius 3 is 1.50 bits per heavy atom. The summed E-state index contributed by atoms with van der Waals surface area (Å²) in [5.41, 5.74) is 11.5. The first-order valence-electron chi connectivity index (χ1n) is 5.77. The van der Waals surface area contributed by atoms with E-state index in [4.69, 9.17) is 11.5 Å². The second kappa shape index (κ2) is 14.0. The van der Waals surface area contributed by atoms with Crippen LogP contribution in [0.4, 0.5) is 0 Å². The van der Waals surface area contributed by atoms with Crippen molar-refractivity contribution in [3.05, 3.63) is 0 Å². The summed E-state index contributed by atoms with van der Waals surface area (Å²) < 4.78 is 0. The smallest absolute Gasteiger partial charge is 0.216 e. The van der Waals surface area contributed by atoms with Gasteiger partial charge in [0.05, 0.1) is 12.1 Å². The molecule has 0 radical (unpaired) electrons. The number of carbonyl (C=O) groups is 2. The van der Waals surface area contributed by atoms with Gasteiger partial charge in [-0.2, -0.15) is 23.5 Å². The van der Waals surface area contributed by atoms with Gasteiger partial charge in [0.2, 0.25) is 10.2 Å². The van der Waals surface area contributed by atoms with Crippen LogP contribution in [-0.2, 0) is 9.59 Å². The summed E-state index contributed by atoms with van der Waals surface area (Å²) in [7, 11) is 4.73. The molecule has 10 heteroatoms. The second-order valence-electron chi connectivity index (χ2n) is 3.72. The maximum Gasteiger partial charge on any atom is 0.216 e. The van der Waals surface area contributed by atoms with Gasteiger partial charge in [-0.15, -0.1) is 0 Å². The Morgan fingerprint density at radius 1 is 0.850 bits per heavy atom. The minimum Gasteiger partial charge on any atom is -0.321 e. The maximum absolute atomic E-state index is 11.6. The zero-order valence-electron chi connectivity index (χ0n) is 11.4. The van der Waals surface area contributed by atoms with Crippen LogP contribution in [-0.4, -0.2) is 46.3 Å². The molecule has 0 fully saturated rings. The van der Waals surface area contributed by atoms with Gasteiger partial charge in [0.25, 0.3) is 0 Å². The molecule has 0 aromatic heterocycles. The molecular weight excluding hydrogens is 373 g/mol. The molecule has 0 saturated heterocycles. The van der Waals surface area contributed by atoms with Gasteiger partial charge in [-0.05, 0) is 78.1 Å². The molecule has 4 nitrogen and oxygen atoms in total. The first kappa shape index (κ1) is 21.4. The average molecular weight is 393 g/mol. The molecule has 118 valence electrons. The van der Waals surface area contributed by atoms with Crippen LogP contribution in [0.15, 0.2) is 0 Å². The fourth-order valence-electron chi connectivity index (χ4n) is 0.944. The number of rotatable bonds is 11. The lowest BCUT2D eigenvalue weighted by Gasteiger charge is -2.09. The lowest BCUT2D eigenvalue weighted by Crippen LogP contribution is -2.28. The Balaban J connectivity index is 3.69. The standard InChI is InChI=1S/C10H20N2O2S6/c1-15-5-3-7(11)9(13)17-19-20-18-10(14)8(12)4-6-16-2/h7-8H,3-6,11-12H2,1-2H3/t7-,8-/m0/s1. The third-order valence-electron chi connectivity index (χ3n) is 2.13. The van der Waals surface area contributed by atoms with Crippen LogP contribution in [0, 0.1) is 0 Å². The molecule has 0 spiro atoms. The van der Waals surface area contributed by atoms with Crippen molar-refractivity contribution in [1.29, 1.82) is 0 Å². The number of hydrogen-bond donors (Lipinski definition) is 2. The van der Waals surface area contributed by atoms with Crippen molar-refractivity contribution in [2.45, 2.75) is 24.9 Å². The Kier molecular flexibility index (Phi) is 14.9. The summed E-state index contributed by atoms with van der Waals surface area (Å²) in [6, 6.07) is -0.852. The Hall–Kier alpha value is 1.36. The zero-order chi connectivity index (χ0) is 15.4. The molecular formula is C10H20N2O2S6. The number of thioether (sulfide) groups is 2. The van der Waals surface area contributed by atoms with Crippen LogP contribution in [0.3, 0.4) is 0 Å². The highest BCUT2D eigenvalue weighted by molar-refractivity contribution is 9.28. The van der Waals surface area contributed by atoms with Gasteiger partial charge >= 0.3 is 0 Å². The predicted molar refractivity (Wildman–Crippen MR) is 102 cm³/mol. The largest absolute Gasteiger partial charge is 0.321 e. The molecule has 0 aliphatic rings. The van der Waals surface area contributed by atoms with Crippen molar-refractivity contribution in [3.8, 4) is 0 Å². The van der Waals surface area contributed by atoms with Crippen LogP contribution in [0.2, 0.25) is 0 Å². The Labute approximate surface area is 144 Å². The van der Waals surface area contributed by atoms with E-state index in [0.29, 0.717) is 12.8 Å². The quantitative estimate of drug-likeness (QED) is 0.404. The molecule has 20 heavy (non-hydrogen) atoms. The summed E-state index contributed by atoms with van der Waals surface area (Å²) in [5, 5.41) is -0.0902. The SMILES string of the molecule is CSCC[C@H](N)C(=O)SSSSC(=O)[C@@H](N)CCSC. The van der Waals surface area contributed by atoms with E-state index in [1.807, 2.05) is 12.5 Å². The van der Waals surface area contributed by atoms with Gasteiger partial charge in [0, 0.05) is 0 Å². The summed E-state index contributed by atoms with van der Waals surface area (Å²) >= 11 is 3.34. The molecule has 4 N–H and O–H groups in total. The lowest BCUT2D eigenvalue weighted by atomic mass is 10.3. The summed E-state index contributed by atoms with van der Waals surface area (Å²) in [6.45, 7) is 0. The molecule has 0 bridgehead atoms. The molecule has 0 unspecified atom stereocenters.